The second-order valence-corrected chi connectivity index (χ2v) is 6.86. The lowest BCUT2D eigenvalue weighted by atomic mass is 10.0. The first kappa shape index (κ1) is 18.4. The molecule has 0 radical (unpaired) electrons. The van der Waals surface area contributed by atoms with E-state index in [1.54, 1.807) is 0 Å². The van der Waals surface area contributed by atoms with Crippen LogP contribution in [0.1, 0.15) is 49.4 Å². The Balaban J connectivity index is 1.84. The molecule has 3 aromatic rings. The number of pyridine rings is 1. The Morgan fingerprint density at radius 3 is 2.50 bits per heavy atom. The Kier molecular flexibility index (Phi) is 6.62. The number of fused-ring (bicyclic) bond motifs is 1. The number of hydrogen-bond donors (Lipinski definition) is 2. The van der Waals surface area contributed by atoms with Gasteiger partial charge in [0.15, 0.2) is 5.43 Å². The largest absolute Gasteiger partial charge is 0.357 e. The first-order chi connectivity index (χ1) is 12.8. The van der Waals surface area contributed by atoms with Gasteiger partial charge in [0.25, 0.3) is 0 Å². The summed E-state index contributed by atoms with van der Waals surface area (Å²) in [6.07, 6.45) is 5.63. The molecule has 0 unspecified atom stereocenters. The van der Waals surface area contributed by atoms with Gasteiger partial charge in [-0.15, -0.1) is 0 Å². The van der Waals surface area contributed by atoms with E-state index in [4.69, 9.17) is 0 Å². The molecule has 0 bridgehead atoms. The van der Waals surface area contributed by atoms with Gasteiger partial charge in [0.05, 0.1) is 0 Å². The smallest absolute Gasteiger partial charge is 0.193 e. The number of hydrogen-bond acceptors (Lipinski definition) is 2. The minimum Gasteiger partial charge on any atom is -0.357 e. The van der Waals surface area contributed by atoms with Crippen LogP contribution in [0, 0.1) is 0 Å². The van der Waals surface area contributed by atoms with Crippen molar-refractivity contribution in [1.29, 1.82) is 0 Å². The Morgan fingerprint density at radius 2 is 1.69 bits per heavy atom. The number of unbranched alkanes of at least 4 members (excludes halogenated alkanes) is 3. The Hall–Kier alpha value is -2.39. The number of benzene rings is 2. The maximum Gasteiger partial charge on any atom is 0.193 e. The zero-order valence-corrected chi connectivity index (χ0v) is 15.6. The lowest BCUT2D eigenvalue weighted by molar-refractivity contribution is 0.592. The number of rotatable bonds is 9. The fourth-order valence-electron chi connectivity index (χ4n) is 3.36. The van der Waals surface area contributed by atoms with Gasteiger partial charge in [-0.2, -0.15) is 0 Å². The SMILES string of the molecule is CCCCCCNCc1[nH]c2ccccc2c(=O)c1Cc1ccccc1. The van der Waals surface area contributed by atoms with Gasteiger partial charge in [0.1, 0.15) is 0 Å². The van der Waals surface area contributed by atoms with Crippen LogP contribution >= 0.6 is 0 Å². The van der Waals surface area contributed by atoms with Crippen LogP contribution in [0.2, 0.25) is 0 Å². The van der Waals surface area contributed by atoms with Crippen molar-refractivity contribution < 1.29 is 0 Å². The van der Waals surface area contributed by atoms with Crippen LogP contribution in [0.25, 0.3) is 10.9 Å². The van der Waals surface area contributed by atoms with E-state index in [2.05, 4.69) is 29.4 Å². The highest BCUT2D eigenvalue weighted by molar-refractivity contribution is 5.79. The molecule has 26 heavy (non-hydrogen) atoms. The van der Waals surface area contributed by atoms with Crippen molar-refractivity contribution in [3.63, 3.8) is 0 Å². The highest BCUT2D eigenvalue weighted by Crippen LogP contribution is 2.15. The van der Waals surface area contributed by atoms with E-state index >= 15 is 0 Å². The molecule has 136 valence electrons. The molecule has 0 amide bonds. The lowest BCUT2D eigenvalue weighted by Gasteiger charge is -2.13. The molecule has 2 N–H and O–H groups in total. The van der Waals surface area contributed by atoms with E-state index < -0.39 is 0 Å². The summed E-state index contributed by atoms with van der Waals surface area (Å²) in [5, 5.41) is 4.28. The maximum atomic E-state index is 13.1. The average molecular weight is 348 g/mol. The summed E-state index contributed by atoms with van der Waals surface area (Å²) in [5.41, 5.74) is 4.10. The molecule has 2 aromatic carbocycles. The second-order valence-electron chi connectivity index (χ2n) is 6.86. The van der Waals surface area contributed by atoms with Crippen LogP contribution in [0.4, 0.5) is 0 Å². The number of nitrogens with one attached hydrogen (secondary N) is 2. The minimum absolute atomic E-state index is 0.144. The molecule has 1 heterocycles. The number of aromatic amines is 1. The summed E-state index contributed by atoms with van der Waals surface area (Å²) in [6.45, 7) is 3.91. The van der Waals surface area contributed by atoms with Gasteiger partial charge in [0, 0.05) is 35.1 Å². The molecule has 0 aliphatic heterocycles. The first-order valence-electron chi connectivity index (χ1n) is 9.67. The summed E-state index contributed by atoms with van der Waals surface area (Å²) in [5.74, 6) is 0. The monoisotopic (exact) mass is 348 g/mol. The Labute approximate surface area is 155 Å². The van der Waals surface area contributed by atoms with Crippen molar-refractivity contribution in [1.82, 2.24) is 10.3 Å². The highest BCUT2D eigenvalue weighted by atomic mass is 16.1. The molecule has 3 nitrogen and oxygen atoms in total. The number of para-hydroxylation sites is 1. The van der Waals surface area contributed by atoms with E-state index in [0.717, 1.165) is 34.3 Å². The summed E-state index contributed by atoms with van der Waals surface area (Å²) in [7, 11) is 0. The van der Waals surface area contributed by atoms with Gasteiger partial charge in [-0.05, 0) is 30.7 Å². The van der Waals surface area contributed by atoms with Crippen LogP contribution < -0.4 is 10.7 Å². The standard InChI is InChI=1S/C23H28N2O/c1-2-3-4-10-15-24-17-22-20(16-18-11-6-5-7-12-18)23(26)19-13-8-9-14-21(19)25-22/h5-9,11-14,24H,2-4,10,15-17H2,1H3,(H,25,26). The molecule has 0 saturated carbocycles. The molecule has 0 fully saturated rings. The van der Waals surface area contributed by atoms with Crippen molar-refractivity contribution >= 4 is 10.9 Å². The molecule has 0 atom stereocenters. The molecule has 3 heteroatoms. The lowest BCUT2D eigenvalue weighted by Crippen LogP contribution is -2.22. The fourth-order valence-corrected chi connectivity index (χ4v) is 3.36. The third-order valence-corrected chi connectivity index (χ3v) is 4.83. The average Bonchev–Trinajstić information content (AvgIpc) is 2.68. The van der Waals surface area contributed by atoms with E-state index in [1.807, 2.05) is 42.5 Å². The van der Waals surface area contributed by atoms with Crippen LogP contribution in [0.15, 0.2) is 59.4 Å². The number of H-pyrrole nitrogens is 1. The summed E-state index contributed by atoms with van der Waals surface area (Å²) in [4.78, 5) is 16.6. The summed E-state index contributed by atoms with van der Waals surface area (Å²) < 4.78 is 0. The quantitative estimate of drug-likeness (QED) is 0.546. The molecule has 0 aliphatic rings. The van der Waals surface area contributed by atoms with Crippen LogP contribution in [0.3, 0.4) is 0 Å². The van der Waals surface area contributed by atoms with E-state index in [1.165, 1.54) is 25.7 Å². The molecule has 3 rings (SSSR count). The highest BCUT2D eigenvalue weighted by Gasteiger charge is 2.12. The summed E-state index contributed by atoms with van der Waals surface area (Å²) >= 11 is 0. The van der Waals surface area contributed by atoms with Crippen molar-refractivity contribution in [2.75, 3.05) is 6.54 Å². The zero-order valence-electron chi connectivity index (χ0n) is 15.6. The molecule has 0 saturated heterocycles. The third-order valence-electron chi connectivity index (χ3n) is 4.83. The molecule has 0 aliphatic carbocycles. The molecular weight excluding hydrogens is 320 g/mol. The normalized spacial score (nSPS) is 11.1. The van der Waals surface area contributed by atoms with Gasteiger partial charge in [-0.25, -0.2) is 0 Å². The maximum absolute atomic E-state index is 13.1. The number of aromatic nitrogens is 1. The van der Waals surface area contributed by atoms with Crippen LogP contribution in [-0.4, -0.2) is 11.5 Å². The molecule has 1 aromatic heterocycles. The molecule has 0 spiro atoms. The molecular formula is C23H28N2O. The zero-order chi connectivity index (χ0) is 18.2. The predicted molar refractivity (Wildman–Crippen MR) is 110 cm³/mol. The van der Waals surface area contributed by atoms with Crippen molar-refractivity contribution in [2.45, 2.75) is 45.6 Å². The van der Waals surface area contributed by atoms with Gasteiger partial charge >= 0.3 is 0 Å². The van der Waals surface area contributed by atoms with Crippen LogP contribution in [0.5, 0.6) is 0 Å². The topological polar surface area (TPSA) is 44.9 Å². The Morgan fingerprint density at radius 1 is 0.923 bits per heavy atom. The minimum atomic E-state index is 0.144. The first-order valence-corrected chi connectivity index (χ1v) is 9.67. The summed E-state index contributed by atoms with van der Waals surface area (Å²) in [6, 6.07) is 18.0. The predicted octanol–water partition coefficient (Wildman–Crippen LogP) is 4.79. The van der Waals surface area contributed by atoms with Gasteiger partial charge in [-0.1, -0.05) is 68.7 Å². The van der Waals surface area contributed by atoms with Gasteiger partial charge in [-0.3, -0.25) is 4.79 Å². The van der Waals surface area contributed by atoms with Crippen molar-refractivity contribution in [3.8, 4) is 0 Å². The van der Waals surface area contributed by atoms with Crippen LogP contribution in [-0.2, 0) is 13.0 Å². The van der Waals surface area contributed by atoms with E-state index in [9.17, 15) is 4.79 Å². The third kappa shape index (κ3) is 4.61. The Bertz CT molecular complexity index is 884. The second kappa shape index (κ2) is 9.35. The van der Waals surface area contributed by atoms with Gasteiger partial charge < -0.3 is 10.3 Å². The van der Waals surface area contributed by atoms with E-state index in [0.29, 0.717) is 13.0 Å². The van der Waals surface area contributed by atoms with Gasteiger partial charge in [0.2, 0.25) is 0 Å². The van der Waals surface area contributed by atoms with Crippen molar-refractivity contribution in [2.24, 2.45) is 0 Å². The fraction of sp³-hybridized carbons (Fsp3) is 0.348. The van der Waals surface area contributed by atoms with Crippen molar-refractivity contribution in [3.05, 3.63) is 81.6 Å². The van der Waals surface area contributed by atoms with E-state index in [-0.39, 0.29) is 5.43 Å².